The highest BCUT2D eigenvalue weighted by Gasteiger charge is 2.32. The lowest BCUT2D eigenvalue weighted by atomic mass is 10.2. The van der Waals surface area contributed by atoms with E-state index in [1.807, 2.05) is 0 Å². The number of hydrogen-bond acceptors (Lipinski definition) is 4. The van der Waals surface area contributed by atoms with E-state index in [9.17, 15) is 22.8 Å². The molecule has 10 heteroatoms. The van der Waals surface area contributed by atoms with Crippen LogP contribution in [0.3, 0.4) is 0 Å². The van der Waals surface area contributed by atoms with Crippen LogP contribution in [0.25, 0.3) is 5.69 Å². The SMILES string of the molecule is Cc1ccc(=O)n(CC(=O)Nc2cccc(-n3cc(C(F)(F)F)cn3)c2)n1. The molecule has 0 aliphatic heterocycles. The largest absolute Gasteiger partial charge is 0.419 e. The van der Waals surface area contributed by atoms with E-state index >= 15 is 0 Å². The molecule has 3 rings (SSSR count). The van der Waals surface area contributed by atoms with Crippen LogP contribution in [0.5, 0.6) is 0 Å². The Labute approximate surface area is 151 Å². The Morgan fingerprint density at radius 3 is 2.70 bits per heavy atom. The van der Waals surface area contributed by atoms with Crippen LogP contribution in [0.4, 0.5) is 18.9 Å². The molecule has 0 bridgehead atoms. The highest BCUT2D eigenvalue weighted by Crippen LogP contribution is 2.29. The molecule has 0 fully saturated rings. The van der Waals surface area contributed by atoms with Gasteiger partial charge in [-0.05, 0) is 31.2 Å². The zero-order chi connectivity index (χ0) is 19.6. The minimum atomic E-state index is -4.49. The molecule has 0 unspecified atom stereocenters. The van der Waals surface area contributed by atoms with E-state index in [0.717, 1.165) is 21.8 Å². The number of alkyl halides is 3. The lowest BCUT2D eigenvalue weighted by Crippen LogP contribution is -2.29. The fourth-order valence-electron chi connectivity index (χ4n) is 2.34. The molecule has 0 aliphatic rings. The Bertz CT molecular complexity index is 1040. The monoisotopic (exact) mass is 377 g/mol. The molecule has 140 valence electrons. The van der Waals surface area contributed by atoms with Gasteiger partial charge < -0.3 is 5.32 Å². The molecule has 1 N–H and O–H groups in total. The third kappa shape index (κ3) is 4.40. The Morgan fingerprint density at radius 1 is 1.22 bits per heavy atom. The zero-order valence-electron chi connectivity index (χ0n) is 14.1. The summed E-state index contributed by atoms with van der Waals surface area (Å²) < 4.78 is 40.2. The topological polar surface area (TPSA) is 81.8 Å². The van der Waals surface area contributed by atoms with Gasteiger partial charge in [0.2, 0.25) is 5.91 Å². The number of hydrogen-bond donors (Lipinski definition) is 1. The van der Waals surface area contributed by atoms with E-state index in [2.05, 4.69) is 15.5 Å². The third-order valence-electron chi connectivity index (χ3n) is 3.60. The van der Waals surface area contributed by atoms with Crippen molar-refractivity contribution in [1.29, 1.82) is 0 Å². The van der Waals surface area contributed by atoms with Crippen LogP contribution in [-0.2, 0) is 17.5 Å². The molecule has 2 heterocycles. The maximum atomic E-state index is 12.7. The number of benzene rings is 1. The smallest absolute Gasteiger partial charge is 0.324 e. The van der Waals surface area contributed by atoms with Crippen LogP contribution in [0.15, 0.2) is 53.6 Å². The van der Waals surface area contributed by atoms with Gasteiger partial charge in [0.15, 0.2) is 0 Å². The first kappa shape index (κ1) is 18.4. The predicted molar refractivity (Wildman–Crippen MR) is 90.4 cm³/mol. The molecule has 0 saturated heterocycles. The molecule has 0 saturated carbocycles. The number of aromatic nitrogens is 4. The Hall–Kier alpha value is -3.43. The number of carbonyl (C=O) groups is 1. The van der Waals surface area contributed by atoms with E-state index in [-0.39, 0.29) is 6.54 Å². The highest BCUT2D eigenvalue weighted by molar-refractivity contribution is 5.90. The fourth-order valence-corrected chi connectivity index (χ4v) is 2.34. The minimum Gasteiger partial charge on any atom is -0.324 e. The zero-order valence-corrected chi connectivity index (χ0v) is 14.1. The fraction of sp³-hybridized carbons (Fsp3) is 0.176. The number of carbonyl (C=O) groups excluding carboxylic acids is 1. The van der Waals surface area contributed by atoms with Crippen molar-refractivity contribution in [2.45, 2.75) is 19.6 Å². The molecule has 1 aromatic carbocycles. The molecule has 1 amide bonds. The van der Waals surface area contributed by atoms with Crippen LogP contribution >= 0.6 is 0 Å². The number of nitrogens with one attached hydrogen (secondary N) is 1. The Balaban J connectivity index is 1.76. The molecule has 2 aromatic heterocycles. The second-order valence-corrected chi connectivity index (χ2v) is 5.74. The van der Waals surface area contributed by atoms with Crippen molar-refractivity contribution >= 4 is 11.6 Å². The van der Waals surface area contributed by atoms with Crippen LogP contribution in [-0.4, -0.2) is 25.5 Å². The van der Waals surface area contributed by atoms with Crippen molar-refractivity contribution in [2.24, 2.45) is 0 Å². The average Bonchev–Trinajstić information content (AvgIpc) is 3.09. The van der Waals surface area contributed by atoms with Crippen molar-refractivity contribution in [3.8, 4) is 5.69 Å². The normalized spacial score (nSPS) is 11.4. The molecule has 0 radical (unpaired) electrons. The Morgan fingerprint density at radius 2 is 2.00 bits per heavy atom. The van der Waals surface area contributed by atoms with Gasteiger partial charge in [0.1, 0.15) is 6.54 Å². The van der Waals surface area contributed by atoms with Crippen LogP contribution in [0.2, 0.25) is 0 Å². The van der Waals surface area contributed by atoms with Crippen molar-refractivity contribution in [1.82, 2.24) is 19.6 Å². The van der Waals surface area contributed by atoms with E-state index in [0.29, 0.717) is 17.1 Å². The molecule has 3 aromatic rings. The second-order valence-electron chi connectivity index (χ2n) is 5.74. The molecule has 0 spiro atoms. The van der Waals surface area contributed by atoms with Gasteiger partial charge in [-0.25, -0.2) is 9.36 Å². The van der Waals surface area contributed by atoms with Crippen LogP contribution in [0, 0.1) is 6.92 Å². The van der Waals surface area contributed by atoms with Crippen molar-refractivity contribution in [3.63, 3.8) is 0 Å². The number of nitrogens with zero attached hydrogens (tertiary/aromatic N) is 4. The number of rotatable bonds is 4. The summed E-state index contributed by atoms with van der Waals surface area (Å²) >= 11 is 0. The van der Waals surface area contributed by atoms with Gasteiger partial charge in [0.25, 0.3) is 5.56 Å². The summed E-state index contributed by atoms with van der Waals surface area (Å²) in [7, 11) is 0. The Kier molecular flexibility index (Phi) is 4.80. The minimum absolute atomic E-state index is 0.287. The van der Waals surface area contributed by atoms with E-state index < -0.39 is 23.2 Å². The highest BCUT2D eigenvalue weighted by atomic mass is 19.4. The third-order valence-corrected chi connectivity index (χ3v) is 3.60. The van der Waals surface area contributed by atoms with Crippen LogP contribution < -0.4 is 10.9 Å². The number of amides is 1. The van der Waals surface area contributed by atoms with E-state index in [1.165, 1.54) is 12.1 Å². The quantitative estimate of drug-likeness (QED) is 0.757. The summed E-state index contributed by atoms with van der Waals surface area (Å²) in [6.45, 7) is 1.40. The summed E-state index contributed by atoms with van der Waals surface area (Å²) in [5.74, 6) is -0.496. The lowest BCUT2D eigenvalue weighted by molar-refractivity contribution is -0.137. The molecule has 0 atom stereocenters. The van der Waals surface area contributed by atoms with Gasteiger partial charge in [-0.15, -0.1) is 0 Å². The van der Waals surface area contributed by atoms with Crippen molar-refractivity contribution < 1.29 is 18.0 Å². The van der Waals surface area contributed by atoms with Gasteiger partial charge in [0, 0.05) is 18.0 Å². The summed E-state index contributed by atoms with van der Waals surface area (Å²) in [6, 6.07) is 9.01. The van der Waals surface area contributed by atoms with E-state index in [1.54, 1.807) is 31.2 Å². The van der Waals surface area contributed by atoms with Crippen molar-refractivity contribution in [3.05, 3.63) is 70.4 Å². The van der Waals surface area contributed by atoms with Crippen molar-refractivity contribution in [2.75, 3.05) is 5.32 Å². The maximum Gasteiger partial charge on any atom is 0.419 e. The first-order valence-corrected chi connectivity index (χ1v) is 7.79. The molecule has 27 heavy (non-hydrogen) atoms. The first-order valence-electron chi connectivity index (χ1n) is 7.79. The second kappa shape index (κ2) is 7.06. The van der Waals surface area contributed by atoms with E-state index in [4.69, 9.17) is 0 Å². The standard InChI is InChI=1S/C17H14F3N5O2/c1-11-5-6-16(27)25(23-11)10-15(26)22-13-3-2-4-14(7-13)24-9-12(8-21-24)17(18,19)20/h2-9H,10H2,1H3,(H,22,26). The molecular weight excluding hydrogens is 363 g/mol. The van der Waals surface area contributed by atoms with Crippen LogP contribution in [0.1, 0.15) is 11.3 Å². The number of aryl methyl sites for hydroxylation is 1. The lowest BCUT2D eigenvalue weighted by Gasteiger charge is -2.09. The van der Waals surface area contributed by atoms with Gasteiger partial charge in [-0.1, -0.05) is 6.07 Å². The summed E-state index contributed by atoms with van der Waals surface area (Å²) in [5.41, 5.74) is -0.0116. The number of halogens is 3. The molecule has 0 aliphatic carbocycles. The average molecular weight is 377 g/mol. The molecular formula is C17H14F3N5O2. The first-order chi connectivity index (χ1) is 12.7. The van der Waals surface area contributed by atoms with Gasteiger partial charge in [-0.2, -0.15) is 23.4 Å². The summed E-state index contributed by atoms with van der Waals surface area (Å²) in [6.07, 6.45) is -2.91. The maximum absolute atomic E-state index is 12.7. The van der Waals surface area contributed by atoms with Gasteiger partial charge in [-0.3, -0.25) is 9.59 Å². The number of anilines is 1. The van der Waals surface area contributed by atoms with Gasteiger partial charge in [0.05, 0.1) is 23.1 Å². The summed E-state index contributed by atoms with van der Waals surface area (Å²) in [4.78, 5) is 23.8. The summed E-state index contributed by atoms with van der Waals surface area (Å²) in [5, 5.41) is 10.2. The predicted octanol–water partition coefficient (Wildman–Crippen LogP) is 2.39. The van der Waals surface area contributed by atoms with Gasteiger partial charge >= 0.3 is 6.18 Å². The molecule has 7 nitrogen and oxygen atoms in total.